The molecule has 0 aliphatic rings. The van der Waals surface area contributed by atoms with Gasteiger partial charge in [0.2, 0.25) is 5.91 Å². The normalized spacial score (nSPS) is 11.1. The molecule has 0 aromatic heterocycles. The monoisotopic (exact) mass is 272 g/mol. The van der Waals surface area contributed by atoms with E-state index in [1.54, 1.807) is 5.32 Å². The number of alkyl halides is 3. The largest absolute Gasteiger partial charge is 0.471 e. The molecule has 0 aromatic carbocycles. The van der Waals surface area contributed by atoms with Gasteiger partial charge in [-0.3, -0.25) is 9.59 Å². The molecule has 0 aromatic rings. The van der Waals surface area contributed by atoms with Gasteiger partial charge >= 0.3 is 12.1 Å². The minimum atomic E-state index is -4.94. The van der Waals surface area contributed by atoms with Crippen LogP contribution in [0.2, 0.25) is 0 Å². The molecule has 0 heterocycles. The van der Waals surface area contributed by atoms with Crippen molar-refractivity contribution in [3.05, 3.63) is 0 Å². The zero-order valence-corrected chi connectivity index (χ0v) is 9.55. The van der Waals surface area contributed by atoms with E-state index in [-0.39, 0.29) is 39.3 Å². The van der Waals surface area contributed by atoms with Crippen LogP contribution < -0.4 is 10.6 Å². The summed E-state index contributed by atoms with van der Waals surface area (Å²) in [5.74, 6) is -2.56. The Bertz CT molecular complexity index is 271. The molecule has 0 rings (SSSR count). The first-order chi connectivity index (χ1) is 8.38. The van der Waals surface area contributed by atoms with Crippen LogP contribution in [0.15, 0.2) is 0 Å². The maximum atomic E-state index is 11.7. The molecular weight excluding hydrogens is 257 g/mol. The molecule has 106 valence electrons. The van der Waals surface area contributed by atoms with Crippen LogP contribution in [-0.2, 0) is 14.3 Å². The van der Waals surface area contributed by atoms with Crippen molar-refractivity contribution >= 4 is 11.8 Å². The van der Waals surface area contributed by atoms with Crippen molar-refractivity contribution < 1.29 is 32.6 Å². The topological polar surface area (TPSA) is 87.7 Å². The predicted molar refractivity (Wildman–Crippen MR) is 54.6 cm³/mol. The molecular formula is C9H15F3N2O4. The molecule has 0 unspecified atom stereocenters. The lowest BCUT2D eigenvalue weighted by atomic mass is 10.4. The summed E-state index contributed by atoms with van der Waals surface area (Å²) in [5.41, 5.74) is 0. The molecule has 3 N–H and O–H groups in total. The lowest BCUT2D eigenvalue weighted by molar-refractivity contribution is -0.173. The van der Waals surface area contributed by atoms with Crippen molar-refractivity contribution in [2.24, 2.45) is 0 Å². The Balaban J connectivity index is 3.51. The first-order valence-electron chi connectivity index (χ1n) is 5.18. The van der Waals surface area contributed by atoms with Gasteiger partial charge in [0.15, 0.2) is 0 Å². The summed E-state index contributed by atoms with van der Waals surface area (Å²) in [6.07, 6.45) is -5.18. The van der Waals surface area contributed by atoms with Crippen molar-refractivity contribution in [2.45, 2.75) is 12.6 Å². The summed E-state index contributed by atoms with van der Waals surface area (Å²) < 4.78 is 40.1. The quantitative estimate of drug-likeness (QED) is 0.504. The van der Waals surface area contributed by atoms with E-state index in [9.17, 15) is 22.8 Å². The Kier molecular flexibility index (Phi) is 8.05. The third-order valence-electron chi connectivity index (χ3n) is 1.70. The van der Waals surface area contributed by atoms with Gasteiger partial charge in [0, 0.05) is 19.5 Å². The van der Waals surface area contributed by atoms with Crippen molar-refractivity contribution in [2.75, 3.05) is 32.9 Å². The number of aliphatic hydroxyl groups excluding tert-OH is 1. The Morgan fingerprint density at radius 1 is 1.11 bits per heavy atom. The number of rotatable bonds is 8. The summed E-state index contributed by atoms with van der Waals surface area (Å²) in [6, 6.07) is 0. The second-order valence-electron chi connectivity index (χ2n) is 3.19. The Labute approximate surface area is 101 Å². The Morgan fingerprint density at radius 3 is 2.33 bits per heavy atom. The molecule has 18 heavy (non-hydrogen) atoms. The number of hydrogen-bond acceptors (Lipinski definition) is 4. The maximum Gasteiger partial charge on any atom is 0.471 e. The summed E-state index contributed by atoms with van der Waals surface area (Å²) >= 11 is 0. The number of carbonyl (C=O) groups excluding carboxylic acids is 2. The molecule has 9 heteroatoms. The second kappa shape index (κ2) is 8.70. The van der Waals surface area contributed by atoms with Gasteiger partial charge in [0.1, 0.15) is 0 Å². The van der Waals surface area contributed by atoms with E-state index in [1.807, 2.05) is 0 Å². The Hall–Kier alpha value is -1.35. The maximum absolute atomic E-state index is 11.7. The number of hydrogen-bond donors (Lipinski definition) is 3. The van der Waals surface area contributed by atoms with Crippen molar-refractivity contribution in [3.8, 4) is 0 Å². The van der Waals surface area contributed by atoms with Crippen LogP contribution in [0.4, 0.5) is 13.2 Å². The fraction of sp³-hybridized carbons (Fsp3) is 0.778. The fourth-order valence-electron chi connectivity index (χ4n) is 0.907. The minimum absolute atomic E-state index is 0.128. The van der Waals surface area contributed by atoms with Crippen molar-refractivity contribution in [1.82, 2.24) is 10.6 Å². The highest BCUT2D eigenvalue weighted by Crippen LogP contribution is 2.13. The highest BCUT2D eigenvalue weighted by atomic mass is 19.4. The third-order valence-corrected chi connectivity index (χ3v) is 1.70. The molecule has 0 saturated carbocycles. The zero-order valence-electron chi connectivity index (χ0n) is 9.55. The minimum Gasteiger partial charge on any atom is -0.394 e. The number of amides is 2. The van der Waals surface area contributed by atoms with Gasteiger partial charge in [-0.1, -0.05) is 0 Å². The summed E-state index contributed by atoms with van der Waals surface area (Å²) in [6.45, 7) is 0.0177. The van der Waals surface area contributed by atoms with Crippen LogP contribution in [0, 0.1) is 0 Å². The molecule has 0 fully saturated rings. The molecule has 0 saturated heterocycles. The van der Waals surface area contributed by atoms with Gasteiger partial charge in [-0.2, -0.15) is 13.2 Å². The van der Waals surface area contributed by atoms with Crippen LogP contribution in [0.5, 0.6) is 0 Å². The van der Waals surface area contributed by atoms with Crippen LogP contribution in [0.1, 0.15) is 6.42 Å². The molecule has 0 radical (unpaired) electrons. The average Bonchev–Trinajstić information content (AvgIpc) is 2.27. The van der Waals surface area contributed by atoms with E-state index in [0.29, 0.717) is 0 Å². The van der Waals surface area contributed by atoms with Crippen LogP contribution in [0.3, 0.4) is 0 Å². The van der Waals surface area contributed by atoms with Crippen LogP contribution >= 0.6 is 0 Å². The lowest BCUT2D eigenvalue weighted by Gasteiger charge is -2.08. The van der Waals surface area contributed by atoms with Crippen LogP contribution in [0.25, 0.3) is 0 Å². The van der Waals surface area contributed by atoms with Crippen molar-refractivity contribution in [1.29, 1.82) is 0 Å². The highest BCUT2D eigenvalue weighted by molar-refractivity contribution is 5.82. The van der Waals surface area contributed by atoms with E-state index in [4.69, 9.17) is 9.84 Å². The molecule has 6 nitrogen and oxygen atoms in total. The number of ether oxygens (including phenoxy) is 1. The number of carbonyl (C=O) groups is 2. The van der Waals surface area contributed by atoms with E-state index >= 15 is 0 Å². The van der Waals surface area contributed by atoms with Gasteiger partial charge in [-0.25, -0.2) is 0 Å². The van der Waals surface area contributed by atoms with Gasteiger partial charge in [0.25, 0.3) is 0 Å². The molecule has 0 bridgehead atoms. The standard InChI is InChI=1S/C9H15F3N2O4/c10-9(11,12)8(17)14-2-1-7(16)13-3-5-18-6-4-15/h15H,1-6H2,(H,13,16)(H,14,17). The van der Waals surface area contributed by atoms with Gasteiger partial charge in [-0.15, -0.1) is 0 Å². The number of halogens is 3. The van der Waals surface area contributed by atoms with Crippen molar-refractivity contribution in [3.63, 3.8) is 0 Å². The first kappa shape index (κ1) is 16.6. The molecule has 0 spiro atoms. The SMILES string of the molecule is O=C(CCNC(=O)C(F)(F)F)NCCOCCO. The molecule has 2 amide bonds. The third kappa shape index (κ3) is 8.76. The molecule has 0 atom stereocenters. The highest BCUT2D eigenvalue weighted by Gasteiger charge is 2.38. The predicted octanol–water partition coefficient (Wildman–Crippen LogP) is -0.820. The summed E-state index contributed by atoms with van der Waals surface area (Å²) in [7, 11) is 0. The zero-order chi connectivity index (χ0) is 14.0. The second-order valence-corrected chi connectivity index (χ2v) is 3.19. The van der Waals surface area contributed by atoms with Crippen LogP contribution in [-0.4, -0.2) is 56.0 Å². The average molecular weight is 272 g/mol. The Morgan fingerprint density at radius 2 is 1.78 bits per heavy atom. The first-order valence-corrected chi connectivity index (χ1v) is 5.18. The number of aliphatic hydroxyl groups is 1. The molecule has 0 aliphatic heterocycles. The van der Waals surface area contributed by atoms with E-state index in [2.05, 4.69) is 5.32 Å². The number of nitrogens with one attached hydrogen (secondary N) is 2. The lowest BCUT2D eigenvalue weighted by Crippen LogP contribution is -2.39. The smallest absolute Gasteiger partial charge is 0.394 e. The van der Waals surface area contributed by atoms with Gasteiger partial charge < -0.3 is 20.5 Å². The fourth-order valence-corrected chi connectivity index (χ4v) is 0.907. The van der Waals surface area contributed by atoms with E-state index in [1.165, 1.54) is 0 Å². The molecule has 0 aliphatic carbocycles. The van der Waals surface area contributed by atoms with E-state index in [0.717, 1.165) is 0 Å². The van der Waals surface area contributed by atoms with Gasteiger partial charge in [0.05, 0.1) is 19.8 Å². The summed E-state index contributed by atoms with van der Waals surface area (Å²) in [5, 5.41) is 12.3. The summed E-state index contributed by atoms with van der Waals surface area (Å²) in [4.78, 5) is 21.4. The van der Waals surface area contributed by atoms with Gasteiger partial charge in [-0.05, 0) is 0 Å². The van der Waals surface area contributed by atoms with E-state index < -0.39 is 18.0 Å².